The summed E-state index contributed by atoms with van der Waals surface area (Å²) in [6, 6.07) is 0. The predicted octanol–water partition coefficient (Wildman–Crippen LogP) is 3.77. The summed E-state index contributed by atoms with van der Waals surface area (Å²) >= 11 is 0. The van der Waals surface area contributed by atoms with Gasteiger partial charge in [0.1, 0.15) is 6.10 Å². The van der Waals surface area contributed by atoms with Crippen LogP contribution in [0.15, 0.2) is 23.8 Å². The van der Waals surface area contributed by atoms with Gasteiger partial charge >= 0.3 is 11.9 Å². The van der Waals surface area contributed by atoms with Crippen molar-refractivity contribution in [3.05, 3.63) is 23.8 Å². The van der Waals surface area contributed by atoms with E-state index in [0.717, 1.165) is 5.57 Å². The van der Waals surface area contributed by atoms with E-state index in [0.29, 0.717) is 26.2 Å². The Balaban J connectivity index is 3.15. The third kappa shape index (κ3) is 7.24. The second-order valence-corrected chi connectivity index (χ2v) is 12.7. The second-order valence-electron chi connectivity index (χ2n) is 7.97. The van der Waals surface area contributed by atoms with Crippen LogP contribution in [0.5, 0.6) is 0 Å². The Hall–Kier alpha value is -1.44. The van der Waals surface area contributed by atoms with Gasteiger partial charge in [0.15, 0.2) is 8.32 Å². The summed E-state index contributed by atoms with van der Waals surface area (Å²) in [5.74, 6) is -0.806. The summed E-state index contributed by atoms with van der Waals surface area (Å²) in [7, 11) is -2.14. The molecule has 0 N–H and O–H groups in total. The third-order valence-electron chi connectivity index (χ3n) is 4.89. The largest absolute Gasteiger partial charge is 0.463 e. The Kier molecular flexibility index (Phi) is 8.91. The fourth-order valence-corrected chi connectivity index (χ4v) is 3.67. The zero-order valence-electron chi connectivity index (χ0n) is 17.7. The molecule has 0 saturated carbocycles. The van der Waals surface area contributed by atoms with Crippen LogP contribution < -0.4 is 0 Å². The molecule has 0 amide bonds. The molecular formula is C20H34O6Si. The summed E-state index contributed by atoms with van der Waals surface area (Å²) < 4.78 is 22.4. The van der Waals surface area contributed by atoms with E-state index in [9.17, 15) is 9.59 Å². The fourth-order valence-electron chi connectivity index (χ4n) is 2.40. The van der Waals surface area contributed by atoms with Crippen molar-refractivity contribution in [2.24, 2.45) is 0 Å². The van der Waals surface area contributed by atoms with Gasteiger partial charge in [0.25, 0.3) is 0 Å². The van der Waals surface area contributed by atoms with Crippen molar-refractivity contribution in [2.75, 3.05) is 19.8 Å². The summed E-state index contributed by atoms with van der Waals surface area (Å²) in [4.78, 5) is 23.7. The molecule has 2 atom stereocenters. The van der Waals surface area contributed by atoms with E-state index in [1.165, 1.54) is 12.2 Å². The van der Waals surface area contributed by atoms with E-state index in [4.69, 9.17) is 18.6 Å². The Morgan fingerprint density at radius 2 is 1.74 bits per heavy atom. The highest BCUT2D eigenvalue weighted by Crippen LogP contribution is 2.40. The van der Waals surface area contributed by atoms with Gasteiger partial charge in [0.05, 0.1) is 25.9 Å². The molecule has 27 heavy (non-hydrogen) atoms. The quantitative estimate of drug-likeness (QED) is 0.369. The maximum atomic E-state index is 12.0. The minimum atomic E-state index is -2.14. The van der Waals surface area contributed by atoms with Crippen molar-refractivity contribution < 1.29 is 28.2 Å². The number of carbonyl (C=O) groups is 2. The standard InChI is InChI=1S/C20H34O6Si/c1-8-23-17(21)11-10-16-19(26-27(6,7)20(3,4)5)15(12-13-25-16)14-18(22)24-9-2/h10-11,14,16,19H,8-9,12-13H2,1-7H3/b11-10+,15-14+/t16-,19+/m1/s1. The number of hydrogen-bond donors (Lipinski definition) is 0. The number of carbonyl (C=O) groups excluding carboxylic acids is 2. The molecule has 7 heteroatoms. The Morgan fingerprint density at radius 3 is 2.30 bits per heavy atom. The number of rotatable bonds is 7. The number of hydrogen-bond acceptors (Lipinski definition) is 6. The molecule has 1 saturated heterocycles. The first kappa shape index (κ1) is 23.6. The van der Waals surface area contributed by atoms with Crippen molar-refractivity contribution >= 4 is 20.3 Å². The first-order chi connectivity index (χ1) is 12.5. The van der Waals surface area contributed by atoms with Gasteiger partial charge in [-0.25, -0.2) is 9.59 Å². The summed E-state index contributed by atoms with van der Waals surface area (Å²) in [5, 5.41) is -0.00507. The molecule has 1 aliphatic heterocycles. The minimum absolute atomic E-state index is 0.00507. The van der Waals surface area contributed by atoms with E-state index < -0.39 is 26.5 Å². The highest BCUT2D eigenvalue weighted by molar-refractivity contribution is 6.74. The molecular weight excluding hydrogens is 364 g/mol. The highest BCUT2D eigenvalue weighted by Gasteiger charge is 2.42. The van der Waals surface area contributed by atoms with Crippen LogP contribution in [-0.4, -0.2) is 52.3 Å². The molecule has 0 aromatic rings. The second kappa shape index (κ2) is 10.2. The van der Waals surface area contributed by atoms with Gasteiger partial charge in [0.2, 0.25) is 0 Å². The molecule has 0 radical (unpaired) electrons. The molecule has 0 bridgehead atoms. The SMILES string of the molecule is CCOC(=O)/C=C/[C@H]1OCC/C(=C\C(=O)OCC)[C@@H]1O[Si](C)(C)C(C)(C)C. The lowest BCUT2D eigenvalue weighted by Gasteiger charge is -2.43. The highest BCUT2D eigenvalue weighted by atomic mass is 28.4. The number of esters is 2. The van der Waals surface area contributed by atoms with E-state index in [1.54, 1.807) is 19.9 Å². The van der Waals surface area contributed by atoms with E-state index in [2.05, 4.69) is 33.9 Å². The molecule has 0 aromatic heterocycles. The Morgan fingerprint density at radius 1 is 1.15 bits per heavy atom. The molecule has 1 fully saturated rings. The molecule has 1 rings (SSSR count). The molecule has 0 spiro atoms. The van der Waals surface area contributed by atoms with Crippen LogP contribution in [0.25, 0.3) is 0 Å². The zero-order chi connectivity index (χ0) is 20.7. The van der Waals surface area contributed by atoms with Gasteiger partial charge in [-0.15, -0.1) is 0 Å². The fraction of sp³-hybridized carbons (Fsp3) is 0.700. The molecule has 0 aromatic carbocycles. The smallest absolute Gasteiger partial charge is 0.330 e. The van der Waals surface area contributed by atoms with E-state index >= 15 is 0 Å². The first-order valence-corrected chi connectivity index (χ1v) is 12.4. The number of ether oxygens (including phenoxy) is 3. The van der Waals surface area contributed by atoms with Crippen molar-refractivity contribution in [3.8, 4) is 0 Å². The summed E-state index contributed by atoms with van der Waals surface area (Å²) in [6.45, 7) is 15.4. The van der Waals surface area contributed by atoms with Crippen LogP contribution in [-0.2, 0) is 28.2 Å². The van der Waals surface area contributed by atoms with Crippen LogP contribution in [0, 0.1) is 0 Å². The van der Waals surface area contributed by atoms with Gasteiger partial charge in [-0.2, -0.15) is 0 Å². The zero-order valence-corrected chi connectivity index (χ0v) is 18.7. The molecule has 1 heterocycles. The minimum Gasteiger partial charge on any atom is -0.463 e. The van der Waals surface area contributed by atoms with E-state index in [1.807, 2.05) is 0 Å². The van der Waals surface area contributed by atoms with Crippen molar-refractivity contribution in [3.63, 3.8) is 0 Å². The normalized spacial score (nSPS) is 22.9. The van der Waals surface area contributed by atoms with Gasteiger partial charge in [-0.3, -0.25) is 0 Å². The molecule has 154 valence electrons. The summed E-state index contributed by atoms with van der Waals surface area (Å²) in [5.41, 5.74) is 0.836. The molecule has 0 unspecified atom stereocenters. The molecule has 0 aliphatic carbocycles. The maximum Gasteiger partial charge on any atom is 0.330 e. The Bertz CT molecular complexity index is 574. The molecule has 6 nitrogen and oxygen atoms in total. The average molecular weight is 399 g/mol. The topological polar surface area (TPSA) is 71.1 Å². The van der Waals surface area contributed by atoms with Crippen molar-refractivity contribution in [1.82, 2.24) is 0 Å². The lowest BCUT2D eigenvalue weighted by Crippen LogP contribution is -2.49. The first-order valence-electron chi connectivity index (χ1n) is 9.53. The third-order valence-corrected chi connectivity index (χ3v) is 9.35. The van der Waals surface area contributed by atoms with Crippen LogP contribution in [0.3, 0.4) is 0 Å². The van der Waals surface area contributed by atoms with Crippen molar-refractivity contribution in [2.45, 2.75) is 71.4 Å². The predicted molar refractivity (Wildman–Crippen MR) is 107 cm³/mol. The maximum absolute atomic E-state index is 12.0. The Labute approximate surface area is 164 Å². The average Bonchev–Trinajstić information content (AvgIpc) is 2.54. The monoisotopic (exact) mass is 398 g/mol. The van der Waals surface area contributed by atoms with Gasteiger partial charge in [-0.05, 0) is 50.0 Å². The van der Waals surface area contributed by atoms with Crippen LogP contribution in [0.4, 0.5) is 0 Å². The van der Waals surface area contributed by atoms with Crippen LogP contribution in [0.2, 0.25) is 18.1 Å². The van der Waals surface area contributed by atoms with Crippen LogP contribution in [0.1, 0.15) is 41.0 Å². The van der Waals surface area contributed by atoms with Gasteiger partial charge in [-0.1, -0.05) is 20.8 Å². The van der Waals surface area contributed by atoms with Crippen LogP contribution >= 0.6 is 0 Å². The lowest BCUT2D eigenvalue weighted by molar-refractivity contribution is -0.138. The van der Waals surface area contributed by atoms with Gasteiger partial charge in [0, 0.05) is 12.2 Å². The lowest BCUT2D eigenvalue weighted by atomic mass is 9.98. The van der Waals surface area contributed by atoms with E-state index in [-0.39, 0.29) is 11.0 Å². The van der Waals surface area contributed by atoms with Gasteiger partial charge < -0.3 is 18.6 Å². The molecule has 1 aliphatic rings. The van der Waals surface area contributed by atoms with Crippen molar-refractivity contribution in [1.29, 1.82) is 0 Å². The summed E-state index contributed by atoms with van der Waals surface area (Å²) in [6.07, 6.45) is 4.22.